The van der Waals surface area contributed by atoms with Gasteiger partial charge in [-0.2, -0.15) is 31.4 Å². The Morgan fingerprint density at radius 2 is 1.63 bits per heavy atom. The van der Waals surface area contributed by atoms with Crippen LogP contribution in [0.5, 0.6) is 0 Å². The molecule has 1 aliphatic carbocycles. The number of carbonyl (C=O) groups is 1. The highest BCUT2D eigenvalue weighted by Crippen LogP contribution is 2.51. The van der Waals surface area contributed by atoms with Gasteiger partial charge in [-0.25, -0.2) is 14.6 Å². The quantitative estimate of drug-likeness (QED) is 0.199. The fourth-order valence-corrected chi connectivity index (χ4v) is 5.70. The van der Waals surface area contributed by atoms with Crippen molar-refractivity contribution in [3.8, 4) is 0 Å². The largest absolute Gasteiger partial charge is 0.421 e. The Balaban J connectivity index is 1.32. The first kappa shape index (κ1) is 32.9. The van der Waals surface area contributed by atoms with E-state index >= 15 is 0 Å². The summed E-state index contributed by atoms with van der Waals surface area (Å²) in [5.41, 5.74) is -3.96. The van der Waals surface area contributed by atoms with E-state index in [9.17, 15) is 35.9 Å². The lowest BCUT2D eigenvalue weighted by molar-refractivity contribution is -0.139. The van der Waals surface area contributed by atoms with Gasteiger partial charge in [-0.3, -0.25) is 9.59 Å². The zero-order chi connectivity index (χ0) is 31.6. The number of carbonyl (C=O) groups excluding carboxylic acids is 1. The van der Waals surface area contributed by atoms with Crippen LogP contribution in [-0.2, 0) is 35.0 Å². The molecule has 3 heterocycles. The molecule has 0 aromatic carbocycles. The number of aryl methyl sites for hydroxylation is 1. The van der Waals surface area contributed by atoms with E-state index in [1.165, 1.54) is 0 Å². The van der Waals surface area contributed by atoms with Crippen molar-refractivity contribution in [1.29, 1.82) is 0 Å². The number of rotatable bonds is 11. The maximum absolute atomic E-state index is 13.6. The summed E-state index contributed by atoms with van der Waals surface area (Å²) >= 11 is 0. The Morgan fingerprint density at radius 3 is 2.16 bits per heavy atom. The van der Waals surface area contributed by atoms with E-state index < -0.39 is 42.5 Å². The Hall–Kier alpha value is -3.01. The van der Waals surface area contributed by atoms with Gasteiger partial charge in [0.2, 0.25) is 11.9 Å². The summed E-state index contributed by atoms with van der Waals surface area (Å²) in [6.07, 6.45) is -5.53. The number of anilines is 1. The van der Waals surface area contributed by atoms with E-state index in [0.717, 1.165) is 29.2 Å². The van der Waals surface area contributed by atoms with E-state index in [1.807, 2.05) is 0 Å². The molecule has 0 bridgehead atoms. The third kappa shape index (κ3) is 8.55. The predicted molar refractivity (Wildman–Crippen MR) is 148 cm³/mol. The fourth-order valence-electron chi connectivity index (χ4n) is 4.94. The zero-order valence-corrected chi connectivity index (χ0v) is 25.4. The normalized spacial score (nSPS) is 17.3. The van der Waals surface area contributed by atoms with Crippen molar-refractivity contribution in [3.63, 3.8) is 0 Å². The molecule has 0 unspecified atom stereocenters. The molecule has 2 fully saturated rings. The maximum atomic E-state index is 13.6. The van der Waals surface area contributed by atoms with Gasteiger partial charge in [-0.05, 0) is 44.2 Å². The minimum Gasteiger partial charge on any atom is -0.359 e. The van der Waals surface area contributed by atoms with Crippen LogP contribution < -0.4 is 10.5 Å². The number of aromatic nitrogens is 4. The van der Waals surface area contributed by atoms with Crippen LogP contribution in [0.15, 0.2) is 23.3 Å². The molecule has 1 saturated heterocycles. The van der Waals surface area contributed by atoms with E-state index in [2.05, 4.69) is 34.7 Å². The summed E-state index contributed by atoms with van der Waals surface area (Å²) < 4.78 is 85.4. The molecular weight excluding hydrogens is 598 g/mol. The second kappa shape index (κ2) is 12.5. The molecule has 0 N–H and O–H groups in total. The number of nitrogens with zero attached hydrogens (tertiary/aromatic N) is 6. The average Bonchev–Trinajstić information content (AvgIpc) is 3.71. The lowest BCUT2D eigenvalue weighted by Crippen LogP contribution is -2.51. The molecule has 0 radical (unpaired) electrons. The van der Waals surface area contributed by atoms with Crippen LogP contribution in [-0.4, -0.2) is 71.4 Å². The predicted octanol–water partition coefficient (Wildman–Crippen LogP) is 4.83. The first-order valence-corrected chi connectivity index (χ1v) is 17.9. The Kier molecular flexibility index (Phi) is 9.59. The Bertz CT molecular complexity index is 1330. The van der Waals surface area contributed by atoms with Gasteiger partial charge in [0.05, 0.1) is 11.3 Å². The van der Waals surface area contributed by atoms with Crippen LogP contribution in [0, 0.1) is 5.41 Å². The fraction of sp³-hybridized carbons (Fsp3) is 0.667. The van der Waals surface area contributed by atoms with Crippen LogP contribution in [0.3, 0.4) is 0 Å². The molecule has 2 aliphatic rings. The molecule has 4 rings (SSSR count). The second-order valence-electron chi connectivity index (χ2n) is 12.4. The van der Waals surface area contributed by atoms with E-state index in [-0.39, 0.29) is 30.7 Å². The molecule has 9 nitrogen and oxygen atoms in total. The lowest BCUT2D eigenvalue weighted by Gasteiger charge is -2.36. The van der Waals surface area contributed by atoms with Gasteiger partial charge < -0.3 is 14.5 Å². The number of amides is 1. The maximum Gasteiger partial charge on any atom is 0.421 e. The highest BCUT2D eigenvalue weighted by Gasteiger charge is 2.51. The van der Waals surface area contributed by atoms with Gasteiger partial charge in [0.15, 0.2) is 0 Å². The van der Waals surface area contributed by atoms with Crippen molar-refractivity contribution in [2.24, 2.45) is 5.41 Å². The van der Waals surface area contributed by atoms with Crippen molar-refractivity contribution in [2.75, 3.05) is 37.7 Å². The summed E-state index contributed by atoms with van der Waals surface area (Å²) in [7, 11) is -1.43. The van der Waals surface area contributed by atoms with Crippen LogP contribution in [0.25, 0.3) is 0 Å². The molecular formula is C27H36F6N6O3Si. The summed E-state index contributed by atoms with van der Waals surface area (Å²) in [6.45, 7) is 7.79. The number of piperazine rings is 1. The lowest BCUT2D eigenvalue weighted by atomic mass is 9.96. The van der Waals surface area contributed by atoms with Crippen molar-refractivity contribution >= 4 is 19.9 Å². The van der Waals surface area contributed by atoms with Crippen molar-refractivity contribution in [1.82, 2.24) is 24.6 Å². The minimum absolute atomic E-state index is 0.0369. The van der Waals surface area contributed by atoms with Gasteiger partial charge in [0, 0.05) is 58.7 Å². The molecule has 16 heteroatoms. The topological polar surface area (TPSA) is 93.5 Å². The van der Waals surface area contributed by atoms with Crippen LogP contribution in [0.4, 0.5) is 32.3 Å². The molecule has 43 heavy (non-hydrogen) atoms. The number of ether oxygens (including phenoxy) is 1. The third-order valence-corrected chi connectivity index (χ3v) is 9.46. The summed E-state index contributed by atoms with van der Waals surface area (Å²) in [4.78, 5) is 36.9. The van der Waals surface area contributed by atoms with Gasteiger partial charge in [0.25, 0.3) is 5.56 Å². The smallest absolute Gasteiger partial charge is 0.359 e. The Morgan fingerprint density at radius 1 is 1.00 bits per heavy atom. The molecule has 2 aromatic rings. The number of hydrogen-bond acceptors (Lipinski definition) is 7. The molecule has 1 amide bonds. The molecule has 238 valence electrons. The van der Waals surface area contributed by atoms with Crippen LogP contribution in [0.2, 0.25) is 25.7 Å². The van der Waals surface area contributed by atoms with Gasteiger partial charge in [0.1, 0.15) is 12.3 Å². The van der Waals surface area contributed by atoms with Crippen LogP contribution >= 0.6 is 0 Å². The van der Waals surface area contributed by atoms with Crippen molar-refractivity contribution < 1.29 is 35.9 Å². The molecule has 0 spiro atoms. The Labute approximate surface area is 246 Å². The monoisotopic (exact) mass is 634 g/mol. The third-order valence-electron chi connectivity index (χ3n) is 7.75. The van der Waals surface area contributed by atoms with E-state index in [0.29, 0.717) is 58.5 Å². The standard InChI is InChI=1S/C27H36F6N6O3Si/c1-43(2,3)14-13-42-18-39-22(40)21(27(31,32)33)15-20(36-39)5-4-6-25(7-8-25)23(41)37-9-11-38(12-10-37)24-34-16-19(17-35-24)26(28,29)30/h15-17H,4-14,18H2,1-3H3. The highest BCUT2D eigenvalue weighted by atomic mass is 28.3. The first-order chi connectivity index (χ1) is 20.0. The number of alkyl halides is 6. The molecule has 1 saturated carbocycles. The zero-order valence-electron chi connectivity index (χ0n) is 24.4. The number of halogens is 6. The van der Waals surface area contributed by atoms with E-state index in [4.69, 9.17) is 4.74 Å². The average molecular weight is 635 g/mol. The summed E-state index contributed by atoms with van der Waals surface area (Å²) in [5, 5.41) is 4.13. The van der Waals surface area contributed by atoms with Gasteiger partial charge in [-0.1, -0.05) is 19.6 Å². The van der Waals surface area contributed by atoms with Gasteiger partial charge >= 0.3 is 12.4 Å². The van der Waals surface area contributed by atoms with Crippen molar-refractivity contribution in [3.05, 3.63) is 45.6 Å². The SMILES string of the molecule is C[Si](C)(C)CCOCn1nc(CCCC2(C(=O)N3CCN(c4ncc(C(F)(F)F)cn4)CC3)CC2)cc(C(F)(F)F)c1=O. The van der Waals surface area contributed by atoms with Crippen molar-refractivity contribution in [2.45, 2.75) is 76.9 Å². The summed E-state index contributed by atoms with van der Waals surface area (Å²) in [5.74, 6) is 0.125. The highest BCUT2D eigenvalue weighted by molar-refractivity contribution is 6.76. The second-order valence-corrected chi connectivity index (χ2v) is 18.0. The molecule has 2 aromatic heterocycles. The van der Waals surface area contributed by atoms with Crippen LogP contribution in [0.1, 0.15) is 42.5 Å². The first-order valence-electron chi connectivity index (χ1n) is 14.2. The molecule has 0 atom stereocenters. The minimum atomic E-state index is -4.84. The van der Waals surface area contributed by atoms with E-state index in [1.54, 1.807) is 9.80 Å². The number of hydrogen-bond donors (Lipinski definition) is 0. The summed E-state index contributed by atoms with van der Waals surface area (Å²) in [6, 6.07) is 1.58. The molecule has 1 aliphatic heterocycles. The van der Waals surface area contributed by atoms with Gasteiger partial charge in [-0.15, -0.1) is 0 Å².